The van der Waals surface area contributed by atoms with Gasteiger partial charge in [0.2, 0.25) is 0 Å². The molecule has 0 saturated carbocycles. The predicted octanol–water partition coefficient (Wildman–Crippen LogP) is 1.81. The van der Waals surface area contributed by atoms with Gasteiger partial charge in [0, 0.05) is 17.2 Å². The largest absolute Gasteiger partial charge is 0.496 e. The van der Waals surface area contributed by atoms with Gasteiger partial charge in [0.05, 0.1) is 13.7 Å². The summed E-state index contributed by atoms with van der Waals surface area (Å²) in [7, 11) is 1.66. The van der Waals surface area contributed by atoms with Crippen LogP contribution in [0.5, 0.6) is 5.75 Å². The van der Waals surface area contributed by atoms with Gasteiger partial charge in [0.15, 0.2) is 0 Å². The number of aliphatic hydroxyl groups excluding tert-OH is 1. The van der Waals surface area contributed by atoms with Crippen molar-refractivity contribution in [2.24, 2.45) is 0 Å². The lowest BCUT2D eigenvalue weighted by molar-refractivity contribution is 0.322. The van der Waals surface area contributed by atoms with E-state index in [2.05, 4.69) is 0 Å². The quantitative estimate of drug-likeness (QED) is 0.595. The third kappa shape index (κ3) is 3.32. The number of nitrogens with two attached hydrogens (primary N) is 1. The van der Waals surface area contributed by atoms with Crippen LogP contribution in [0.1, 0.15) is 11.1 Å². The van der Waals surface area contributed by atoms with Gasteiger partial charge in [-0.15, -0.1) is 0 Å². The number of rotatable bonds is 5. The molecule has 0 saturated heterocycles. The lowest BCUT2D eigenvalue weighted by atomic mass is 10.1. The van der Waals surface area contributed by atoms with Gasteiger partial charge in [-0.2, -0.15) is 11.8 Å². The molecule has 0 fully saturated rings. The summed E-state index contributed by atoms with van der Waals surface area (Å²) in [4.78, 5) is 0. The monoisotopic (exact) mass is 227 g/mol. The molecule has 84 valence electrons. The number of methoxy groups -OCH3 is 1. The fraction of sp³-hybridized carbons (Fsp3) is 0.455. The molecule has 1 aromatic carbocycles. The minimum absolute atomic E-state index is 0.202. The zero-order valence-corrected chi connectivity index (χ0v) is 9.93. The Morgan fingerprint density at radius 1 is 1.47 bits per heavy atom. The van der Waals surface area contributed by atoms with E-state index in [1.165, 1.54) is 0 Å². The number of thioether (sulfide) groups is 1. The minimum Gasteiger partial charge on any atom is -0.496 e. The smallest absolute Gasteiger partial charge is 0.122 e. The summed E-state index contributed by atoms with van der Waals surface area (Å²) in [6.07, 6.45) is 0. The van der Waals surface area contributed by atoms with Crippen molar-refractivity contribution in [2.75, 3.05) is 25.2 Å². The number of benzene rings is 1. The molecule has 0 bridgehead atoms. The van der Waals surface area contributed by atoms with Crippen molar-refractivity contribution in [1.82, 2.24) is 0 Å². The number of anilines is 1. The first-order chi connectivity index (χ1) is 7.19. The van der Waals surface area contributed by atoms with E-state index in [9.17, 15) is 0 Å². The molecule has 15 heavy (non-hydrogen) atoms. The van der Waals surface area contributed by atoms with Crippen LogP contribution < -0.4 is 10.5 Å². The van der Waals surface area contributed by atoms with Gasteiger partial charge >= 0.3 is 0 Å². The minimum atomic E-state index is 0.202. The van der Waals surface area contributed by atoms with Crippen molar-refractivity contribution < 1.29 is 9.84 Å². The van der Waals surface area contributed by atoms with E-state index in [-0.39, 0.29) is 6.61 Å². The molecule has 3 nitrogen and oxygen atoms in total. The molecular formula is C11H17NO2S. The van der Waals surface area contributed by atoms with E-state index in [0.717, 1.165) is 34.1 Å². The van der Waals surface area contributed by atoms with Crippen LogP contribution in [-0.4, -0.2) is 24.6 Å². The molecule has 0 unspecified atom stereocenters. The molecule has 0 aliphatic rings. The van der Waals surface area contributed by atoms with E-state index in [0.29, 0.717) is 0 Å². The van der Waals surface area contributed by atoms with E-state index >= 15 is 0 Å². The summed E-state index contributed by atoms with van der Waals surface area (Å²) >= 11 is 1.66. The maximum Gasteiger partial charge on any atom is 0.122 e. The van der Waals surface area contributed by atoms with Crippen LogP contribution in [0.15, 0.2) is 12.1 Å². The summed E-state index contributed by atoms with van der Waals surface area (Å²) in [5, 5.41) is 8.68. The number of nitrogen functional groups attached to an aromatic ring is 1. The third-order valence-electron chi connectivity index (χ3n) is 2.15. The fourth-order valence-electron chi connectivity index (χ4n) is 1.34. The normalized spacial score (nSPS) is 10.3. The number of hydrogen-bond acceptors (Lipinski definition) is 4. The molecule has 0 aliphatic carbocycles. The number of aryl methyl sites for hydroxylation is 1. The van der Waals surface area contributed by atoms with E-state index < -0.39 is 0 Å². The second-order valence-electron chi connectivity index (χ2n) is 3.30. The van der Waals surface area contributed by atoms with Gasteiger partial charge in [-0.3, -0.25) is 0 Å². The van der Waals surface area contributed by atoms with E-state index in [4.69, 9.17) is 15.6 Å². The molecule has 0 aromatic heterocycles. The lowest BCUT2D eigenvalue weighted by Crippen LogP contribution is -1.97. The van der Waals surface area contributed by atoms with Crippen molar-refractivity contribution in [1.29, 1.82) is 0 Å². The summed E-state index contributed by atoms with van der Waals surface area (Å²) in [5.41, 5.74) is 8.80. The maximum absolute atomic E-state index is 8.68. The van der Waals surface area contributed by atoms with Gasteiger partial charge in [-0.25, -0.2) is 0 Å². The molecule has 0 spiro atoms. The highest BCUT2D eigenvalue weighted by Crippen LogP contribution is 2.27. The second-order valence-corrected chi connectivity index (χ2v) is 4.40. The zero-order valence-electron chi connectivity index (χ0n) is 9.12. The highest BCUT2D eigenvalue weighted by molar-refractivity contribution is 7.98. The first-order valence-corrected chi connectivity index (χ1v) is 5.96. The predicted molar refractivity (Wildman–Crippen MR) is 65.4 cm³/mol. The molecule has 0 heterocycles. The summed E-state index contributed by atoms with van der Waals surface area (Å²) in [5.74, 6) is 2.40. The average Bonchev–Trinajstić information content (AvgIpc) is 2.21. The van der Waals surface area contributed by atoms with E-state index in [1.54, 1.807) is 18.9 Å². The van der Waals surface area contributed by atoms with Crippen molar-refractivity contribution in [2.45, 2.75) is 12.7 Å². The first-order valence-electron chi connectivity index (χ1n) is 4.80. The molecule has 4 heteroatoms. The SMILES string of the molecule is COc1cc(CSCCO)c(N)cc1C. The Bertz CT molecular complexity index is 329. The lowest BCUT2D eigenvalue weighted by Gasteiger charge is -2.10. The number of aliphatic hydroxyl groups is 1. The molecule has 0 radical (unpaired) electrons. The molecule has 0 aliphatic heterocycles. The third-order valence-corrected chi connectivity index (χ3v) is 3.14. The molecule has 3 N–H and O–H groups in total. The van der Waals surface area contributed by atoms with Crippen LogP contribution in [0.3, 0.4) is 0 Å². The van der Waals surface area contributed by atoms with Crippen LogP contribution in [-0.2, 0) is 5.75 Å². The number of ether oxygens (including phenoxy) is 1. The van der Waals surface area contributed by atoms with Crippen molar-refractivity contribution in [3.8, 4) is 5.75 Å². The Labute approximate surface area is 94.6 Å². The van der Waals surface area contributed by atoms with Gasteiger partial charge in [0.25, 0.3) is 0 Å². The number of hydrogen-bond donors (Lipinski definition) is 2. The second kappa shape index (κ2) is 5.88. The van der Waals surface area contributed by atoms with Gasteiger partial charge in [-0.1, -0.05) is 0 Å². The highest BCUT2D eigenvalue weighted by Gasteiger charge is 2.05. The van der Waals surface area contributed by atoms with Crippen molar-refractivity contribution in [3.05, 3.63) is 23.3 Å². The summed E-state index contributed by atoms with van der Waals surface area (Å²) < 4.78 is 5.23. The van der Waals surface area contributed by atoms with Gasteiger partial charge < -0.3 is 15.6 Å². The zero-order chi connectivity index (χ0) is 11.3. The summed E-state index contributed by atoms with van der Waals surface area (Å²) in [6, 6.07) is 3.89. The van der Waals surface area contributed by atoms with E-state index in [1.807, 2.05) is 19.1 Å². The van der Waals surface area contributed by atoms with Crippen LogP contribution >= 0.6 is 11.8 Å². The Balaban J connectivity index is 2.78. The van der Waals surface area contributed by atoms with Crippen LogP contribution in [0.25, 0.3) is 0 Å². The Kier molecular flexibility index (Phi) is 4.78. The Hall–Kier alpha value is -0.870. The maximum atomic E-state index is 8.68. The highest BCUT2D eigenvalue weighted by atomic mass is 32.2. The van der Waals surface area contributed by atoms with Crippen molar-refractivity contribution >= 4 is 17.4 Å². The topological polar surface area (TPSA) is 55.5 Å². The molecular weight excluding hydrogens is 210 g/mol. The first kappa shape index (κ1) is 12.2. The molecule has 1 rings (SSSR count). The van der Waals surface area contributed by atoms with Crippen LogP contribution in [0.4, 0.5) is 5.69 Å². The fourth-order valence-corrected chi connectivity index (χ4v) is 2.09. The van der Waals surface area contributed by atoms with Crippen LogP contribution in [0, 0.1) is 6.92 Å². The Morgan fingerprint density at radius 3 is 2.80 bits per heavy atom. The van der Waals surface area contributed by atoms with Crippen molar-refractivity contribution in [3.63, 3.8) is 0 Å². The standard InChI is InChI=1S/C11H17NO2S/c1-8-5-10(12)9(6-11(8)14-2)7-15-4-3-13/h5-6,13H,3-4,7,12H2,1-2H3. The summed E-state index contributed by atoms with van der Waals surface area (Å²) in [6.45, 7) is 2.17. The Morgan fingerprint density at radius 2 is 2.20 bits per heavy atom. The van der Waals surface area contributed by atoms with Gasteiger partial charge in [-0.05, 0) is 30.2 Å². The molecule has 1 aromatic rings. The molecule has 0 atom stereocenters. The average molecular weight is 227 g/mol. The van der Waals surface area contributed by atoms with Crippen LogP contribution in [0.2, 0.25) is 0 Å². The molecule has 0 amide bonds. The van der Waals surface area contributed by atoms with Gasteiger partial charge in [0.1, 0.15) is 5.75 Å².